The van der Waals surface area contributed by atoms with E-state index < -0.39 is 19.0 Å². The number of hydrogen-bond acceptors (Lipinski definition) is 4. The van der Waals surface area contributed by atoms with E-state index in [4.69, 9.17) is 0 Å². The van der Waals surface area contributed by atoms with Crippen LogP contribution in [0.1, 0.15) is 12.8 Å². The summed E-state index contributed by atoms with van der Waals surface area (Å²) in [5.74, 6) is -0.771. The standard InChI is InChI=1S/C9H15F2NO4/c1-15-9(14)2-4-12-8(13)3-5-16-6-7(10)11/h7H,2-6H2,1H3,(H,12,13). The summed E-state index contributed by atoms with van der Waals surface area (Å²) in [6, 6.07) is 0. The first-order valence-electron chi connectivity index (χ1n) is 4.75. The molecule has 0 aliphatic rings. The summed E-state index contributed by atoms with van der Waals surface area (Å²) in [5, 5.41) is 2.43. The molecule has 7 heteroatoms. The van der Waals surface area contributed by atoms with E-state index >= 15 is 0 Å². The summed E-state index contributed by atoms with van der Waals surface area (Å²) in [6.45, 7) is -0.565. The summed E-state index contributed by atoms with van der Waals surface area (Å²) in [5.41, 5.74) is 0. The largest absolute Gasteiger partial charge is 0.469 e. The first-order chi connectivity index (χ1) is 7.56. The van der Waals surface area contributed by atoms with Crippen LogP contribution in [0.2, 0.25) is 0 Å². The lowest BCUT2D eigenvalue weighted by Gasteiger charge is -2.05. The molecule has 0 unspecified atom stereocenters. The number of ether oxygens (including phenoxy) is 2. The molecular formula is C9H15F2NO4. The van der Waals surface area contributed by atoms with Crippen molar-refractivity contribution in [2.45, 2.75) is 19.3 Å². The Balaban J connectivity index is 3.35. The number of methoxy groups -OCH3 is 1. The number of carbonyl (C=O) groups is 2. The number of hydrogen-bond donors (Lipinski definition) is 1. The maximum atomic E-state index is 11.6. The molecular weight excluding hydrogens is 224 g/mol. The molecule has 0 saturated carbocycles. The van der Waals surface area contributed by atoms with E-state index in [1.165, 1.54) is 7.11 Å². The Kier molecular flexibility index (Phi) is 8.32. The Bertz CT molecular complexity index is 224. The molecule has 16 heavy (non-hydrogen) atoms. The third-order valence-corrected chi connectivity index (χ3v) is 1.60. The maximum absolute atomic E-state index is 11.6. The fourth-order valence-corrected chi connectivity index (χ4v) is 0.832. The maximum Gasteiger partial charge on any atom is 0.307 e. The van der Waals surface area contributed by atoms with E-state index in [-0.39, 0.29) is 31.9 Å². The number of rotatable bonds is 8. The molecule has 1 amide bonds. The number of nitrogens with one attached hydrogen (secondary N) is 1. The number of alkyl halides is 2. The van der Waals surface area contributed by atoms with Crippen molar-refractivity contribution in [2.24, 2.45) is 0 Å². The van der Waals surface area contributed by atoms with E-state index in [1.54, 1.807) is 0 Å². The van der Waals surface area contributed by atoms with Crippen LogP contribution < -0.4 is 5.32 Å². The van der Waals surface area contributed by atoms with Crippen molar-refractivity contribution in [2.75, 3.05) is 26.9 Å². The highest BCUT2D eigenvalue weighted by atomic mass is 19.3. The van der Waals surface area contributed by atoms with Crippen LogP contribution in [0, 0.1) is 0 Å². The fourth-order valence-electron chi connectivity index (χ4n) is 0.832. The van der Waals surface area contributed by atoms with Gasteiger partial charge in [0, 0.05) is 13.0 Å². The molecule has 0 aromatic carbocycles. The monoisotopic (exact) mass is 239 g/mol. The quantitative estimate of drug-likeness (QED) is 0.490. The summed E-state index contributed by atoms with van der Waals surface area (Å²) < 4.78 is 32.1. The van der Waals surface area contributed by atoms with Crippen molar-refractivity contribution in [3.8, 4) is 0 Å². The average molecular weight is 239 g/mol. The Morgan fingerprint density at radius 3 is 2.56 bits per heavy atom. The highest BCUT2D eigenvalue weighted by Crippen LogP contribution is 1.93. The lowest BCUT2D eigenvalue weighted by Crippen LogP contribution is -2.27. The zero-order chi connectivity index (χ0) is 12.4. The van der Waals surface area contributed by atoms with Crippen LogP contribution >= 0.6 is 0 Å². The van der Waals surface area contributed by atoms with Crippen LogP contribution in [0.4, 0.5) is 8.78 Å². The summed E-state index contributed by atoms with van der Waals surface area (Å²) in [7, 11) is 1.25. The van der Waals surface area contributed by atoms with Crippen molar-refractivity contribution >= 4 is 11.9 Å². The van der Waals surface area contributed by atoms with Gasteiger partial charge in [-0.15, -0.1) is 0 Å². The molecule has 1 N–H and O–H groups in total. The average Bonchev–Trinajstić information content (AvgIpc) is 2.24. The number of amides is 1. The second kappa shape index (κ2) is 9.02. The minimum Gasteiger partial charge on any atom is -0.469 e. The first-order valence-corrected chi connectivity index (χ1v) is 4.75. The Morgan fingerprint density at radius 2 is 2.00 bits per heavy atom. The van der Waals surface area contributed by atoms with Gasteiger partial charge in [0.25, 0.3) is 6.43 Å². The third-order valence-electron chi connectivity index (χ3n) is 1.60. The third kappa shape index (κ3) is 9.32. The van der Waals surface area contributed by atoms with Crippen molar-refractivity contribution in [3.63, 3.8) is 0 Å². The van der Waals surface area contributed by atoms with Crippen LogP contribution in [-0.4, -0.2) is 45.2 Å². The minimum absolute atomic E-state index is 0.00606. The second-order valence-electron chi connectivity index (χ2n) is 2.89. The van der Waals surface area contributed by atoms with Gasteiger partial charge in [0.2, 0.25) is 5.91 Å². The minimum atomic E-state index is -2.53. The highest BCUT2D eigenvalue weighted by molar-refractivity contribution is 5.77. The molecule has 0 heterocycles. The molecule has 0 spiro atoms. The second-order valence-corrected chi connectivity index (χ2v) is 2.89. The van der Waals surface area contributed by atoms with Crippen LogP contribution in [0.25, 0.3) is 0 Å². The van der Waals surface area contributed by atoms with Gasteiger partial charge in [-0.3, -0.25) is 9.59 Å². The Morgan fingerprint density at radius 1 is 1.31 bits per heavy atom. The summed E-state index contributed by atoms with van der Waals surface area (Å²) in [4.78, 5) is 21.7. The number of carbonyl (C=O) groups excluding carboxylic acids is 2. The normalized spacial score (nSPS) is 10.2. The summed E-state index contributed by atoms with van der Waals surface area (Å²) >= 11 is 0. The molecule has 0 bridgehead atoms. The van der Waals surface area contributed by atoms with Crippen molar-refractivity contribution in [1.29, 1.82) is 0 Å². The Hall–Kier alpha value is -1.24. The van der Waals surface area contributed by atoms with Crippen molar-refractivity contribution in [3.05, 3.63) is 0 Å². The molecule has 0 saturated heterocycles. The van der Waals surface area contributed by atoms with E-state index in [2.05, 4.69) is 14.8 Å². The van der Waals surface area contributed by atoms with Crippen LogP contribution in [0.5, 0.6) is 0 Å². The molecule has 0 aliphatic heterocycles. The predicted molar refractivity (Wildman–Crippen MR) is 51.1 cm³/mol. The molecule has 0 rings (SSSR count). The zero-order valence-corrected chi connectivity index (χ0v) is 9.00. The topological polar surface area (TPSA) is 64.6 Å². The van der Waals surface area contributed by atoms with Gasteiger partial charge in [0.05, 0.1) is 20.1 Å². The molecule has 0 radical (unpaired) electrons. The van der Waals surface area contributed by atoms with Gasteiger partial charge in [-0.2, -0.15) is 0 Å². The van der Waals surface area contributed by atoms with E-state index in [0.717, 1.165) is 0 Å². The van der Waals surface area contributed by atoms with Crippen LogP contribution in [-0.2, 0) is 19.1 Å². The smallest absolute Gasteiger partial charge is 0.307 e. The fraction of sp³-hybridized carbons (Fsp3) is 0.778. The number of esters is 1. The number of halogens is 2. The predicted octanol–water partition coefficient (Wildman–Crippen LogP) is 0.337. The van der Waals surface area contributed by atoms with Crippen LogP contribution in [0.3, 0.4) is 0 Å². The Labute approximate surface area is 92.1 Å². The van der Waals surface area contributed by atoms with Crippen LogP contribution in [0.15, 0.2) is 0 Å². The molecule has 0 aromatic rings. The zero-order valence-electron chi connectivity index (χ0n) is 9.00. The lowest BCUT2D eigenvalue weighted by molar-refractivity contribution is -0.140. The van der Waals surface area contributed by atoms with E-state index in [0.29, 0.717) is 0 Å². The molecule has 94 valence electrons. The molecule has 0 aromatic heterocycles. The van der Waals surface area contributed by atoms with Gasteiger partial charge in [-0.05, 0) is 0 Å². The van der Waals surface area contributed by atoms with Gasteiger partial charge >= 0.3 is 5.97 Å². The van der Waals surface area contributed by atoms with Crippen molar-refractivity contribution in [1.82, 2.24) is 5.32 Å². The highest BCUT2D eigenvalue weighted by Gasteiger charge is 2.05. The van der Waals surface area contributed by atoms with Gasteiger partial charge in [0.1, 0.15) is 6.61 Å². The lowest BCUT2D eigenvalue weighted by atomic mass is 10.4. The SMILES string of the molecule is COC(=O)CCNC(=O)CCOCC(F)F. The first kappa shape index (κ1) is 14.8. The van der Waals surface area contributed by atoms with Gasteiger partial charge in [-0.1, -0.05) is 0 Å². The van der Waals surface area contributed by atoms with Gasteiger partial charge in [0.15, 0.2) is 0 Å². The molecule has 5 nitrogen and oxygen atoms in total. The molecule has 0 fully saturated rings. The summed E-state index contributed by atoms with van der Waals surface area (Å²) in [6.07, 6.45) is -2.45. The van der Waals surface area contributed by atoms with Crippen molar-refractivity contribution < 1.29 is 27.8 Å². The van der Waals surface area contributed by atoms with Gasteiger partial charge < -0.3 is 14.8 Å². The van der Waals surface area contributed by atoms with E-state index in [9.17, 15) is 18.4 Å². The van der Waals surface area contributed by atoms with Gasteiger partial charge in [-0.25, -0.2) is 8.78 Å². The molecule has 0 atom stereocenters. The molecule has 0 aliphatic carbocycles. The van der Waals surface area contributed by atoms with E-state index in [1.807, 2.05) is 0 Å².